The Kier molecular flexibility index (Phi) is 6.04. The number of amides is 2. The smallest absolute Gasteiger partial charge is 0.326 e. The maximum atomic E-state index is 11.8. The average Bonchev–Trinajstić information content (AvgIpc) is 2.98. The van der Waals surface area contributed by atoms with Gasteiger partial charge in [0.2, 0.25) is 0 Å². The van der Waals surface area contributed by atoms with Gasteiger partial charge in [-0.1, -0.05) is 25.3 Å². The van der Waals surface area contributed by atoms with Gasteiger partial charge in [0, 0.05) is 11.4 Å². The number of urea groups is 1. The number of carbonyl (C=O) groups excluding carboxylic acids is 1. The van der Waals surface area contributed by atoms with Gasteiger partial charge in [-0.2, -0.15) is 0 Å². The minimum Gasteiger partial charge on any atom is -0.480 e. The molecule has 2 rings (SSSR count). The highest BCUT2D eigenvalue weighted by Gasteiger charge is 2.30. The lowest BCUT2D eigenvalue weighted by atomic mass is 9.84. The Balaban J connectivity index is 1.76. The van der Waals surface area contributed by atoms with E-state index in [1.165, 1.54) is 4.88 Å². The number of carbonyl (C=O) groups is 2. The third-order valence-electron chi connectivity index (χ3n) is 3.91. The van der Waals surface area contributed by atoms with E-state index in [-0.39, 0.29) is 11.9 Å². The minimum atomic E-state index is -0.935. The van der Waals surface area contributed by atoms with Crippen molar-refractivity contribution >= 4 is 23.3 Å². The van der Waals surface area contributed by atoms with Gasteiger partial charge < -0.3 is 15.7 Å². The molecule has 1 aliphatic rings. The van der Waals surface area contributed by atoms with Crippen molar-refractivity contribution in [3.63, 3.8) is 0 Å². The SMILES string of the molecule is O=C(NCCc1cccs1)NC(C(=O)O)C1CCCCC1. The predicted molar refractivity (Wildman–Crippen MR) is 82.6 cm³/mol. The first kappa shape index (κ1) is 15.8. The number of hydrogen-bond acceptors (Lipinski definition) is 3. The maximum absolute atomic E-state index is 11.8. The van der Waals surface area contributed by atoms with Gasteiger partial charge in [-0.05, 0) is 36.6 Å². The molecule has 5 nitrogen and oxygen atoms in total. The van der Waals surface area contributed by atoms with Gasteiger partial charge in [0.05, 0.1) is 0 Å². The van der Waals surface area contributed by atoms with E-state index in [2.05, 4.69) is 10.6 Å². The van der Waals surface area contributed by atoms with Crippen molar-refractivity contribution in [2.45, 2.75) is 44.6 Å². The molecule has 0 aliphatic heterocycles. The summed E-state index contributed by atoms with van der Waals surface area (Å²) in [5.74, 6) is -0.880. The van der Waals surface area contributed by atoms with E-state index < -0.39 is 12.0 Å². The van der Waals surface area contributed by atoms with Crippen molar-refractivity contribution in [1.29, 1.82) is 0 Å². The molecule has 3 N–H and O–H groups in total. The number of hydrogen-bond donors (Lipinski definition) is 3. The molecule has 0 radical (unpaired) electrons. The average molecular weight is 310 g/mol. The minimum absolute atomic E-state index is 0.0549. The van der Waals surface area contributed by atoms with Gasteiger partial charge in [-0.3, -0.25) is 0 Å². The summed E-state index contributed by atoms with van der Waals surface area (Å²) in [5, 5.41) is 16.7. The van der Waals surface area contributed by atoms with Gasteiger partial charge in [0.15, 0.2) is 0 Å². The molecule has 0 spiro atoms. The summed E-state index contributed by atoms with van der Waals surface area (Å²) in [7, 11) is 0. The first-order valence-corrected chi connectivity index (χ1v) is 8.34. The summed E-state index contributed by atoms with van der Waals surface area (Å²) in [6.45, 7) is 0.517. The van der Waals surface area contributed by atoms with E-state index in [1.54, 1.807) is 11.3 Å². The fourth-order valence-electron chi connectivity index (χ4n) is 2.80. The van der Waals surface area contributed by atoms with Crippen LogP contribution in [0.5, 0.6) is 0 Å². The number of rotatable bonds is 6. The summed E-state index contributed by atoms with van der Waals surface area (Å²) >= 11 is 1.65. The molecule has 1 unspecified atom stereocenters. The lowest BCUT2D eigenvalue weighted by Gasteiger charge is -2.28. The van der Waals surface area contributed by atoms with Crippen LogP contribution >= 0.6 is 11.3 Å². The monoisotopic (exact) mass is 310 g/mol. The van der Waals surface area contributed by atoms with Crippen LogP contribution in [-0.4, -0.2) is 29.7 Å². The number of carboxylic acid groups (broad SMARTS) is 1. The Morgan fingerprint density at radius 2 is 2.10 bits per heavy atom. The van der Waals surface area contributed by atoms with E-state index in [9.17, 15) is 14.7 Å². The molecule has 1 saturated carbocycles. The van der Waals surface area contributed by atoms with E-state index in [0.29, 0.717) is 6.54 Å². The Labute approximate surface area is 128 Å². The molecular formula is C15H22N2O3S. The molecule has 1 aromatic heterocycles. The topological polar surface area (TPSA) is 78.4 Å². The van der Waals surface area contributed by atoms with Crippen LogP contribution in [0, 0.1) is 5.92 Å². The van der Waals surface area contributed by atoms with Gasteiger partial charge in [-0.15, -0.1) is 11.3 Å². The van der Waals surface area contributed by atoms with Crippen LogP contribution < -0.4 is 10.6 Å². The fraction of sp³-hybridized carbons (Fsp3) is 0.600. The van der Waals surface area contributed by atoms with E-state index in [0.717, 1.165) is 38.5 Å². The molecule has 2 amide bonds. The van der Waals surface area contributed by atoms with Crippen molar-refractivity contribution in [2.75, 3.05) is 6.54 Å². The first-order chi connectivity index (χ1) is 10.2. The summed E-state index contributed by atoms with van der Waals surface area (Å²) in [6, 6.07) is 2.84. The summed E-state index contributed by atoms with van der Waals surface area (Å²) in [4.78, 5) is 24.4. The maximum Gasteiger partial charge on any atom is 0.326 e. The summed E-state index contributed by atoms with van der Waals surface area (Å²) < 4.78 is 0. The van der Waals surface area contributed by atoms with E-state index >= 15 is 0 Å². The molecule has 1 heterocycles. The van der Waals surface area contributed by atoms with E-state index in [1.807, 2.05) is 17.5 Å². The van der Waals surface area contributed by atoms with Gasteiger partial charge in [0.1, 0.15) is 6.04 Å². The highest BCUT2D eigenvalue weighted by molar-refractivity contribution is 7.09. The molecular weight excluding hydrogens is 288 g/mol. The standard InChI is InChI=1S/C15H22N2O3S/c18-14(19)13(11-5-2-1-3-6-11)17-15(20)16-9-8-12-7-4-10-21-12/h4,7,10-11,13H,1-3,5-6,8-9H2,(H,18,19)(H2,16,17,20). The molecule has 1 aromatic rings. The zero-order chi connectivity index (χ0) is 15.1. The quantitative estimate of drug-likeness (QED) is 0.756. The Bertz CT molecular complexity index is 455. The molecule has 0 bridgehead atoms. The summed E-state index contributed by atoms with van der Waals surface area (Å²) in [6.07, 6.45) is 5.80. The molecule has 1 fully saturated rings. The van der Waals surface area contributed by atoms with Gasteiger partial charge in [-0.25, -0.2) is 9.59 Å². The molecule has 1 aliphatic carbocycles. The highest BCUT2D eigenvalue weighted by Crippen LogP contribution is 2.26. The van der Waals surface area contributed by atoms with Crippen LogP contribution in [0.1, 0.15) is 37.0 Å². The Morgan fingerprint density at radius 3 is 2.71 bits per heavy atom. The lowest BCUT2D eigenvalue weighted by molar-refractivity contribution is -0.141. The van der Waals surface area contributed by atoms with Crippen molar-refractivity contribution in [3.8, 4) is 0 Å². The Morgan fingerprint density at radius 1 is 1.33 bits per heavy atom. The zero-order valence-corrected chi connectivity index (χ0v) is 12.8. The number of carboxylic acids is 1. The third kappa shape index (κ3) is 5.04. The van der Waals surface area contributed by atoms with Crippen LogP contribution in [0.25, 0.3) is 0 Å². The molecule has 0 aromatic carbocycles. The van der Waals surface area contributed by atoms with E-state index in [4.69, 9.17) is 0 Å². The molecule has 116 valence electrons. The number of aliphatic carboxylic acids is 1. The second-order valence-electron chi connectivity index (χ2n) is 5.44. The second-order valence-corrected chi connectivity index (χ2v) is 6.48. The van der Waals surface area contributed by atoms with Crippen molar-refractivity contribution in [3.05, 3.63) is 22.4 Å². The van der Waals surface area contributed by atoms with Crippen molar-refractivity contribution in [2.24, 2.45) is 5.92 Å². The Hall–Kier alpha value is -1.56. The number of nitrogens with one attached hydrogen (secondary N) is 2. The second kappa shape index (κ2) is 8.02. The molecule has 21 heavy (non-hydrogen) atoms. The van der Waals surface area contributed by atoms with Crippen LogP contribution in [0.4, 0.5) is 4.79 Å². The van der Waals surface area contributed by atoms with Crippen LogP contribution in [-0.2, 0) is 11.2 Å². The number of thiophene rings is 1. The largest absolute Gasteiger partial charge is 0.480 e. The fourth-order valence-corrected chi connectivity index (χ4v) is 3.50. The predicted octanol–water partition coefficient (Wildman–Crippen LogP) is 2.62. The van der Waals surface area contributed by atoms with Gasteiger partial charge >= 0.3 is 12.0 Å². The van der Waals surface area contributed by atoms with Crippen LogP contribution in [0.3, 0.4) is 0 Å². The third-order valence-corrected chi connectivity index (χ3v) is 4.85. The van der Waals surface area contributed by atoms with Crippen molar-refractivity contribution in [1.82, 2.24) is 10.6 Å². The first-order valence-electron chi connectivity index (χ1n) is 7.46. The molecule has 1 atom stereocenters. The zero-order valence-electron chi connectivity index (χ0n) is 12.0. The normalized spacial score (nSPS) is 17.1. The molecule has 0 saturated heterocycles. The van der Waals surface area contributed by atoms with Gasteiger partial charge in [0.25, 0.3) is 0 Å². The van der Waals surface area contributed by atoms with Crippen LogP contribution in [0.2, 0.25) is 0 Å². The summed E-state index contributed by atoms with van der Waals surface area (Å²) in [5.41, 5.74) is 0. The highest BCUT2D eigenvalue weighted by atomic mass is 32.1. The molecule has 6 heteroatoms. The lowest BCUT2D eigenvalue weighted by Crippen LogP contribution is -2.50. The van der Waals surface area contributed by atoms with Crippen molar-refractivity contribution < 1.29 is 14.7 Å². The van der Waals surface area contributed by atoms with Crippen LogP contribution in [0.15, 0.2) is 17.5 Å².